The third kappa shape index (κ3) is 6.31. The molecule has 0 spiro atoms. The zero-order chi connectivity index (χ0) is 23.7. The van der Waals surface area contributed by atoms with Crippen LogP contribution in [0.1, 0.15) is 81.8 Å². The molecule has 2 heterocycles. The monoisotopic (exact) mass is 448 g/mol. The summed E-state index contributed by atoms with van der Waals surface area (Å²) in [6, 6.07) is 6.46. The van der Waals surface area contributed by atoms with Crippen molar-refractivity contribution in [2.45, 2.75) is 72.0 Å². The van der Waals surface area contributed by atoms with Crippen LogP contribution in [0.5, 0.6) is 0 Å². The molecule has 5 nitrogen and oxygen atoms in total. The van der Waals surface area contributed by atoms with Crippen LogP contribution in [0, 0.1) is 0 Å². The predicted molar refractivity (Wildman–Crippen MR) is 122 cm³/mol. The molecule has 1 saturated carbocycles. The smallest absolute Gasteiger partial charge is 0.322 e. The van der Waals surface area contributed by atoms with Gasteiger partial charge in [0.15, 0.2) is 0 Å². The van der Waals surface area contributed by atoms with Crippen molar-refractivity contribution in [3.63, 3.8) is 0 Å². The Hall–Kier alpha value is -2.90. The maximum Gasteiger partial charge on any atom is 0.417 e. The highest BCUT2D eigenvalue weighted by Gasteiger charge is 2.31. The minimum absolute atomic E-state index is 0.146. The van der Waals surface area contributed by atoms with Gasteiger partial charge in [-0.1, -0.05) is 47.0 Å². The molecule has 1 fully saturated rings. The number of nitrogens with one attached hydrogen (secondary N) is 1. The van der Waals surface area contributed by atoms with Crippen LogP contribution in [0.15, 0.2) is 42.9 Å². The van der Waals surface area contributed by atoms with Crippen molar-refractivity contribution in [2.75, 3.05) is 5.32 Å². The average molecular weight is 449 g/mol. The van der Waals surface area contributed by atoms with E-state index in [2.05, 4.69) is 15.4 Å². The zero-order valence-electron chi connectivity index (χ0n) is 19.0. The average Bonchev–Trinajstić information content (AvgIpc) is 3.25. The summed E-state index contributed by atoms with van der Waals surface area (Å²) in [6.07, 6.45) is 5.12. The van der Waals surface area contributed by atoms with Crippen LogP contribution in [0.4, 0.5) is 18.9 Å². The van der Waals surface area contributed by atoms with Crippen LogP contribution in [0.25, 0.3) is 10.9 Å². The van der Waals surface area contributed by atoms with Gasteiger partial charge in [-0.3, -0.25) is 14.5 Å². The van der Waals surface area contributed by atoms with E-state index in [1.165, 1.54) is 19.3 Å². The molecule has 2 aromatic heterocycles. The number of rotatable bonds is 3. The van der Waals surface area contributed by atoms with Crippen LogP contribution >= 0.6 is 0 Å². The molecule has 0 aliphatic heterocycles. The molecule has 0 bridgehead atoms. The summed E-state index contributed by atoms with van der Waals surface area (Å²) in [5.41, 5.74) is 0.222. The first-order chi connectivity index (χ1) is 15.4. The van der Waals surface area contributed by atoms with Crippen LogP contribution in [-0.2, 0) is 6.18 Å². The first-order valence-corrected chi connectivity index (χ1v) is 11.2. The van der Waals surface area contributed by atoms with E-state index < -0.39 is 17.6 Å². The molecule has 0 unspecified atom stereocenters. The Morgan fingerprint density at radius 3 is 2.38 bits per heavy atom. The molecule has 1 aromatic carbocycles. The maximum absolute atomic E-state index is 12.8. The lowest BCUT2D eigenvalue weighted by Gasteiger charge is -2.21. The van der Waals surface area contributed by atoms with Gasteiger partial charge >= 0.3 is 6.18 Å². The minimum atomic E-state index is -4.55. The molecular weight excluding hydrogens is 417 g/mol. The number of amides is 1. The normalized spacial score (nSPS) is 14.1. The fourth-order valence-electron chi connectivity index (χ4n) is 3.58. The molecule has 4 rings (SSSR count). The summed E-state index contributed by atoms with van der Waals surface area (Å²) < 4.78 is 40.4. The van der Waals surface area contributed by atoms with Gasteiger partial charge < -0.3 is 5.32 Å². The standard InChI is InChI=1S/C20H19F3N4O.2C2H6/c21-20(22,23)15-8-13(10-24-11-15)19(28)25-16-6-7-18-14(9-16)12-27(26-18)17-4-2-1-3-5-17;2*1-2/h6-12,17H,1-5H2,(H,25,28);2*1-2H3. The van der Waals surface area contributed by atoms with Crippen molar-refractivity contribution in [1.29, 1.82) is 0 Å². The highest BCUT2D eigenvalue weighted by molar-refractivity contribution is 6.05. The summed E-state index contributed by atoms with van der Waals surface area (Å²) in [7, 11) is 0. The number of hydrogen-bond donors (Lipinski definition) is 1. The third-order valence-electron chi connectivity index (χ3n) is 5.06. The molecular formula is C24H31F3N4O. The van der Waals surface area contributed by atoms with E-state index in [-0.39, 0.29) is 5.56 Å². The molecule has 174 valence electrons. The number of aromatic nitrogens is 3. The lowest BCUT2D eigenvalue weighted by atomic mass is 9.96. The maximum atomic E-state index is 12.8. The number of anilines is 1. The van der Waals surface area contributed by atoms with Gasteiger partial charge in [0.1, 0.15) is 0 Å². The summed E-state index contributed by atoms with van der Waals surface area (Å²) >= 11 is 0. The van der Waals surface area contributed by atoms with Crippen molar-refractivity contribution in [3.05, 3.63) is 54.0 Å². The molecule has 1 aliphatic rings. The third-order valence-corrected chi connectivity index (χ3v) is 5.06. The van der Waals surface area contributed by atoms with Crippen LogP contribution in [0.2, 0.25) is 0 Å². The number of fused-ring (bicyclic) bond motifs is 1. The Bertz CT molecular complexity index is 1010. The Kier molecular flexibility index (Phi) is 9.23. The lowest BCUT2D eigenvalue weighted by Crippen LogP contribution is -2.14. The van der Waals surface area contributed by atoms with Crippen molar-refractivity contribution in [2.24, 2.45) is 0 Å². The van der Waals surface area contributed by atoms with Crippen molar-refractivity contribution < 1.29 is 18.0 Å². The first kappa shape index (κ1) is 25.4. The van der Waals surface area contributed by atoms with Gasteiger partial charge in [0.25, 0.3) is 5.91 Å². The molecule has 32 heavy (non-hydrogen) atoms. The zero-order valence-corrected chi connectivity index (χ0v) is 19.0. The van der Waals surface area contributed by atoms with E-state index in [0.717, 1.165) is 36.0 Å². The summed E-state index contributed by atoms with van der Waals surface area (Å²) in [4.78, 5) is 15.9. The minimum Gasteiger partial charge on any atom is -0.322 e. The van der Waals surface area contributed by atoms with Crippen LogP contribution in [0.3, 0.4) is 0 Å². The largest absolute Gasteiger partial charge is 0.417 e. The second-order valence-electron chi connectivity index (χ2n) is 7.09. The number of carbonyl (C=O) groups excluding carboxylic acids is 1. The Labute approximate surface area is 187 Å². The molecule has 0 radical (unpaired) electrons. The van der Waals surface area contributed by atoms with Crippen molar-refractivity contribution in [1.82, 2.24) is 14.8 Å². The van der Waals surface area contributed by atoms with E-state index in [1.54, 1.807) is 18.2 Å². The topological polar surface area (TPSA) is 59.8 Å². The number of benzene rings is 1. The Balaban J connectivity index is 0.000000860. The van der Waals surface area contributed by atoms with E-state index >= 15 is 0 Å². The second-order valence-corrected chi connectivity index (χ2v) is 7.09. The van der Waals surface area contributed by atoms with Gasteiger partial charge in [-0.05, 0) is 37.1 Å². The van der Waals surface area contributed by atoms with E-state index in [4.69, 9.17) is 0 Å². The SMILES string of the molecule is CC.CC.O=C(Nc1ccc2nn(C3CCCCC3)cc2c1)c1cncc(C(F)(F)F)c1. The summed E-state index contributed by atoms with van der Waals surface area (Å²) in [5, 5.41) is 8.14. The predicted octanol–water partition coefficient (Wildman–Crippen LogP) is 7.26. The van der Waals surface area contributed by atoms with Gasteiger partial charge in [0, 0.05) is 29.7 Å². The molecule has 0 saturated heterocycles. The molecule has 0 atom stereocenters. The number of halogens is 3. The van der Waals surface area contributed by atoms with Gasteiger partial charge in [-0.15, -0.1) is 0 Å². The van der Waals surface area contributed by atoms with Gasteiger partial charge in [0.2, 0.25) is 0 Å². The number of hydrogen-bond acceptors (Lipinski definition) is 3. The van der Waals surface area contributed by atoms with Crippen molar-refractivity contribution >= 4 is 22.5 Å². The van der Waals surface area contributed by atoms with Gasteiger partial charge in [-0.25, -0.2) is 0 Å². The number of carbonyl (C=O) groups is 1. The van der Waals surface area contributed by atoms with Gasteiger partial charge in [0.05, 0.1) is 22.7 Å². The van der Waals surface area contributed by atoms with Crippen LogP contribution in [-0.4, -0.2) is 20.7 Å². The summed E-state index contributed by atoms with van der Waals surface area (Å²) in [5.74, 6) is -0.641. The van der Waals surface area contributed by atoms with Crippen LogP contribution < -0.4 is 5.32 Å². The number of pyridine rings is 1. The fourth-order valence-corrected chi connectivity index (χ4v) is 3.58. The molecule has 3 aromatic rings. The highest BCUT2D eigenvalue weighted by Crippen LogP contribution is 2.30. The quantitative estimate of drug-likeness (QED) is 0.459. The van der Waals surface area contributed by atoms with E-state index in [0.29, 0.717) is 17.9 Å². The van der Waals surface area contributed by atoms with Crippen molar-refractivity contribution in [3.8, 4) is 0 Å². The van der Waals surface area contributed by atoms with Gasteiger partial charge in [-0.2, -0.15) is 18.3 Å². The highest BCUT2D eigenvalue weighted by atomic mass is 19.4. The van der Waals surface area contributed by atoms with E-state index in [1.807, 2.05) is 38.6 Å². The molecule has 1 aliphatic carbocycles. The molecule has 1 amide bonds. The second kappa shape index (κ2) is 11.6. The number of nitrogens with zero attached hydrogens (tertiary/aromatic N) is 3. The summed E-state index contributed by atoms with van der Waals surface area (Å²) in [6.45, 7) is 8.00. The molecule has 1 N–H and O–H groups in total. The molecule has 8 heteroatoms. The Morgan fingerprint density at radius 2 is 1.72 bits per heavy atom. The van der Waals surface area contributed by atoms with E-state index in [9.17, 15) is 18.0 Å². The lowest BCUT2D eigenvalue weighted by molar-refractivity contribution is -0.137. The fraction of sp³-hybridized carbons (Fsp3) is 0.458. The first-order valence-electron chi connectivity index (χ1n) is 11.2. The Morgan fingerprint density at radius 1 is 1.03 bits per heavy atom. The number of alkyl halides is 3.